The molecule has 0 aliphatic rings. The van der Waals surface area contributed by atoms with Gasteiger partial charge in [-0.15, -0.1) is 0 Å². The molecule has 0 amide bonds. The van der Waals surface area contributed by atoms with Crippen LogP contribution in [0.2, 0.25) is 0 Å². The van der Waals surface area contributed by atoms with E-state index in [-0.39, 0.29) is 5.97 Å². The molecule has 0 aromatic carbocycles. The summed E-state index contributed by atoms with van der Waals surface area (Å²) in [6.07, 6.45) is 10.0. The quantitative estimate of drug-likeness (QED) is 0.261. The lowest BCUT2D eigenvalue weighted by molar-refractivity contribution is -0.138. The van der Waals surface area contributed by atoms with Gasteiger partial charge in [0, 0.05) is 6.42 Å². The Morgan fingerprint density at radius 2 is 2.08 bits per heavy atom. The third-order valence-corrected chi connectivity index (χ3v) is 1.59. The number of rotatable bonds is 7. The minimum atomic E-state index is -0.195. The fourth-order valence-electron chi connectivity index (χ4n) is 0.918. The molecule has 0 atom stereocenters. The van der Waals surface area contributed by atoms with E-state index in [9.17, 15) is 4.79 Å². The van der Waals surface area contributed by atoms with E-state index in [0.29, 0.717) is 6.42 Å². The monoisotopic (exact) mass is 182 g/mol. The Bertz CT molecular complexity index is 171. The van der Waals surface area contributed by atoms with Crippen molar-refractivity contribution in [3.63, 3.8) is 0 Å². The van der Waals surface area contributed by atoms with Gasteiger partial charge in [0.15, 0.2) is 0 Å². The smallest absolute Gasteiger partial charge is 0.310 e. The molecule has 74 valence electrons. The summed E-state index contributed by atoms with van der Waals surface area (Å²) >= 11 is 0. The van der Waals surface area contributed by atoms with Crippen LogP contribution in [-0.2, 0) is 9.53 Å². The molecule has 0 saturated heterocycles. The largest absolute Gasteiger partial charge is 0.435 e. The molecule has 0 aromatic rings. The number of allylic oxidation sites excluding steroid dienone is 2. The van der Waals surface area contributed by atoms with Crippen molar-refractivity contribution in [3.8, 4) is 0 Å². The molecule has 2 heteroatoms. The maximum Gasteiger partial charge on any atom is 0.310 e. The molecule has 0 aliphatic carbocycles. The van der Waals surface area contributed by atoms with Crippen molar-refractivity contribution in [2.24, 2.45) is 0 Å². The van der Waals surface area contributed by atoms with Gasteiger partial charge in [-0.05, 0) is 19.3 Å². The number of ether oxygens (including phenoxy) is 1. The first-order valence-corrected chi connectivity index (χ1v) is 4.76. The van der Waals surface area contributed by atoms with E-state index in [1.165, 1.54) is 12.7 Å². The van der Waals surface area contributed by atoms with Crippen LogP contribution in [0, 0.1) is 0 Å². The second kappa shape index (κ2) is 9.04. The van der Waals surface area contributed by atoms with Crippen LogP contribution >= 0.6 is 0 Å². The predicted octanol–water partition coefficient (Wildman–Crippen LogP) is 3.20. The molecule has 2 nitrogen and oxygen atoms in total. The minimum absolute atomic E-state index is 0.195. The van der Waals surface area contributed by atoms with Gasteiger partial charge in [0.2, 0.25) is 0 Å². The third-order valence-electron chi connectivity index (χ3n) is 1.59. The van der Waals surface area contributed by atoms with Gasteiger partial charge < -0.3 is 4.74 Å². The van der Waals surface area contributed by atoms with E-state index < -0.39 is 0 Å². The first kappa shape index (κ1) is 11.9. The standard InChI is InChI=1S/C11H18O2/c1-3-5-6-7-8-9-10-11(12)13-4-2/h4,6-7H,2-3,5,8-10H2,1H3/b7-6+. The number of hydrogen-bond acceptors (Lipinski definition) is 2. The average molecular weight is 182 g/mol. The zero-order chi connectivity index (χ0) is 9.94. The van der Waals surface area contributed by atoms with E-state index >= 15 is 0 Å². The Morgan fingerprint density at radius 3 is 2.69 bits per heavy atom. The fraction of sp³-hybridized carbons (Fsp3) is 0.545. The molecule has 0 bridgehead atoms. The predicted molar refractivity (Wildman–Crippen MR) is 54.2 cm³/mol. The van der Waals surface area contributed by atoms with Crippen molar-refractivity contribution in [1.82, 2.24) is 0 Å². The molecule has 0 rings (SSSR count). The Morgan fingerprint density at radius 1 is 1.38 bits per heavy atom. The van der Waals surface area contributed by atoms with Crippen molar-refractivity contribution in [2.75, 3.05) is 0 Å². The Hall–Kier alpha value is -1.05. The summed E-state index contributed by atoms with van der Waals surface area (Å²) < 4.78 is 4.57. The summed E-state index contributed by atoms with van der Waals surface area (Å²) in [6.45, 7) is 5.46. The van der Waals surface area contributed by atoms with E-state index in [2.05, 4.69) is 30.4 Å². The molecule has 0 unspecified atom stereocenters. The Balaban J connectivity index is 3.24. The van der Waals surface area contributed by atoms with Crippen molar-refractivity contribution >= 4 is 5.97 Å². The zero-order valence-electron chi connectivity index (χ0n) is 8.29. The summed E-state index contributed by atoms with van der Waals surface area (Å²) in [5.74, 6) is -0.195. The van der Waals surface area contributed by atoms with Crippen LogP contribution in [0.25, 0.3) is 0 Å². The van der Waals surface area contributed by atoms with Gasteiger partial charge in [0.25, 0.3) is 0 Å². The molecule has 0 radical (unpaired) electrons. The number of hydrogen-bond donors (Lipinski definition) is 0. The minimum Gasteiger partial charge on any atom is -0.435 e. The second-order valence-electron chi connectivity index (χ2n) is 2.81. The third kappa shape index (κ3) is 8.86. The molecule has 0 N–H and O–H groups in total. The summed E-state index contributed by atoms with van der Waals surface area (Å²) in [5.41, 5.74) is 0. The highest BCUT2D eigenvalue weighted by Crippen LogP contribution is 2.00. The van der Waals surface area contributed by atoms with E-state index in [1.807, 2.05) is 0 Å². The normalized spacial score (nSPS) is 10.2. The Labute approximate surface area is 80.3 Å². The number of carbonyl (C=O) groups is 1. The summed E-state index contributed by atoms with van der Waals surface area (Å²) in [5, 5.41) is 0. The SMILES string of the molecule is C=COC(=O)CCC/C=C/CCC. The highest BCUT2D eigenvalue weighted by molar-refractivity contribution is 5.69. The van der Waals surface area contributed by atoms with E-state index in [0.717, 1.165) is 19.3 Å². The van der Waals surface area contributed by atoms with Crippen molar-refractivity contribution in [3.05, 3.63) is 25.0 Å². The molecule has 13 heavy (non-hydrogen) atoms. The number of esters is 1. The van der Waals surface area contributed by atoms with Crippen LogP contribution in [0.5, 0.6) is 0 Å². The maximum atomic E-state index is 10.8. The molecular weight excluding hydrogens is 164 g/mol. The van der Waals surface area contributed by atoms with Crippen molar-refractivity contribution in [1.29, 1.82) is 0 Å². The van der Waals surface area contributed by atoms with Crippen LogP contribution in [0.1, 0.15) is 39.0 Å². The van der Waals surface area contributed by atoms with Crippen LogP contribution in [-0.4, -0.2) is 5.97 Å². The zero-order valence-corrected chi connectivity index (χ0v) is 8.29. The molecule has 0 aromatic heterocycles. The van der Waals surface area contributed by atoms with Gasteiger partial charge in [-0.1, -0.05) is 32.1 Å². The first-order valence-electron chi connectivity index (χ1n) is 4.76. The maximum absolute atomic E-state index is 10.8. The van der Waals surface area contributed by atoms with Gasteiger partial charge in [-0.3, -0.25) is 4.79 Å². The number of carbonyl (C=O) groups excluding carboxylic acids is 1. The lowest BCUT2D eigenvalue weighted by atomic mass is 10.2. The van der Waals surface area contributed by atoms with E-state index in [1.54, 1.807) is 0 Å². The molecule has 0 heterocycles. The van der Waals surface area contributed by atoms with Gasteiger partial charge in [0.05, 0.1) is 6.26 Å². The van der Waals surface area contributed by atoms with Crippen LogP contribution < -0.4 is 0 Å². The van der Waals surface area contributed by atoms with Crippen LogP contribution in [0.3, 0.4) is 0 Å². The van der Waals surface area contributed by atoms with Gasteiger partial charge >= 0.3 is 5.97 Å². The summed E-state index contributed by atoms with van der Waals surface area (Å²) in [7, 11) is 0. The van der Waals surface area contributed by atoms with Crippen molar-refractivity contribution in [2.45, 2.75) is 39.0 Å². The average Bonchev–Trinajstić information content (AvgIpc) is 2.11. The van der Waals surface area contributed by atoms with E-state index in [4.69, 9.17) is 0 Å². The van der Waals surface area contributed by atoms with Crippen LogP contribution in [0.15, 0.2) is 25.0 Å². The number of unbranched alkanes of at least 4 members (excludes halogenated alkanes) is 2. The summed E-state index contributed by atoms with van der Waals surface area (Å²) in [6, 6.07) is 0. The van der Waals surface area contributed by atoms with Crippen LogP contribution in [0.4, 0.5) is 0 Å². The summed E-state index contributed by atoms with van der Waals surface area (Å²) in [4.78, 5) is 10.8. The second-order valence-corrected chi connectivity index (χ2v) is 2.81. The molecule has 0 saturated carbocycles. The topological polar surface area (TPSA) is 26.3 Å². The van der Waals surface area contributed by atoms with Gasteiger partial charge in [0.1, 0.15) is 0 Å². The lowest BCUT2D eigenvalue weighted by Crippen LogP contribution is -1.97. The Kier molecular flexibility index (Phi) is 8.31. The first-order chi connectivity index (χ1) is 6.31. The van der Waals surface area contributed by atoms with Gasteiger partial charge in [-0.2, -0.15) is 0 Å². The molecular formula is C11H18O2. The van der Waals surface area contributed by atoms with Gasteiger partial charge in [-0.25, -0.2) is 0 Å². The fourth-order valence-corrected chi connectivity index (χ4v) is 0.918. The lowest BCUT2D eigenvalue weighted by Gasteiger charge is -1.95. The molecule has 0 aliphatic heterocycles. The van der Waals surface area contributed by atoms with Crippen molar-refractivity contribution < 1.29 is 9.53 Å². The highest BCUT2D eigenvalue weighted by Gasteiger charge is 1.97. The molecule has 0 fully saturated rings. The molecule has 0 spiro atoms. The highest BCUT2D eigenvalue weighted by atomic mass is 16.5.